The summed E-state index contributed by atoms with van der Waals surface area (Å²) in [5.74, 6) is -0.259. The maximum Gasteiger partial charge on any atom is 0.243 e. The molecule has 4 rings (SSSR count). The van der Waals surface area contributed by atoms with Gasteiger partial charge in [0.05, 0.1) is 23.2 Å². The maximum atomic E-state index is 13.5. The summed E-state index contributed by atoms with van der Waals surface area (Å²) >= 11 is 1.68. The number of aryl methyl sites for hydroxylation is 1. The fourth-order valence-corrected chi connectivity index (χ4v) is 5.82. The molecule has 34 heavy (non-hydrogen) atoms. The van der Waals surface area contributed by atoms with Crippen molar-refractivity contribution in [1.82, 2.24) is 15.2 Å². The van der Waals surface area contributed by atoms with Crippen LogP contribution in [0.3, 0.4) is 0 Å². The molecular weight excluding hydrogens is 446 g/mol. The lowest BCUT2D eigenvalue weighted by atomic mass is 9.87. The summed E-state index contributed by atoms with van der Waals surface area (Å²) in [6, 6.07) is 9.02. The zero-order valence-corrected chi connectivity index (χ0v) is 20.8. The number of hydrogen-bond donors (Lipinski definition) is 2. The SMILES string of the molecule is Cc1ncsc1C1C=CC(CNC(=O)[C@@H]2C[C@@H](O)CN2C(=O)[C@@H](c2ccccc2)C(C)C)=CC1. The molecule has 2 heterocycles. The first-order chi connectivity index (χ1) is 16.3. The van der Waals surface area contributed by atoms with Crippen molar-refractivity contribution in [3.05, 3.63) is 75.8 Å². The highest BCUT2D eigenvalue weighted by molar-refractivity contribution is 7.09. The second-order valence-electron chi connectivity index (χ2n) is 9.53. The number of likely N-dealkylation sites (tertiary alicyclic amines) is 1. The first-order valence-electron chi connectivity index (χ1n) is 11.9. The number of rotatable bonds is 7. The van der Waals surface area contributed by atoms with Gasteiger partial charge in [-0.15, -0.1) is 11.3 Å². The molecule has 6 nitrogen and oxygen atoms in total. The van der Waals surface area contributed by atoms with E-state index in [-0.39, 0.29) is 36.6 Å². The molecule has 180 valence electrons. The molecule has 2 aromatic rings. The Balaban J connectivity index is 1.39. The zero-order chi connectivity index (χ0) is 24.2. The number of aromatic nitrogens is 1. The van der Waals surface area contributed by atoms with E-state index in [0.29, 0.717) is 12.5 Å². The number of hydrogen-bond acceptors (Lipinski definition) is 5. The van der Waals surface area contributed by atoms with E-state index in [1.807, 2.05) is 56.6 Å². The molecule has 0 spiro atoms. The summed E-state index contributed by atoms with van der Waals surface area (Å²) in [6.07, 6.45) is 6.83. The Labute approximate surface area is 205 Å². The quantitative estimate of drug-likeness (QED) is 0.630. The van der Waals surface area contributed by atoms with Crippen LogP contribution in [0.1, 0.15) is 54.7 Å². The topological polar surface area (TPSA) is 82.5 Å². The molecule has 1 saturated heterocycles. The number of allylic oxidation sites excluding steroid dienone is 2. The first kappa shape index (κ1) is 24.4. The summed E-state index contributed by atoms with van der Waals surface area (Å²) in [6.45, 7) is 6.65. The van der Waals surface area contributed by atoms with Gasteiger partial charge in [-0.05, 0) is 30.4 Å². The number of amides is 2. The predicted octanol–water partition coefficient (Wildman–Crippen LogP) is 3.94. The average Bonchev–Trinajstić information content (AvgIpc) is 3.44. The molecule has 0 bridgehead atoms. The molecule has 2 aliphatic rings. The van der Waals surface area contributed by atoms with Gasteiger partial charge in [0.15, 0.2) is 0 Å². The minimum Gasteiger partial charge on any atom is -0.391 e. The van der Waals surface area contributed by atoms with Crippen LogP contribution in [-0.2, 0) is 9.59 Å². The highest BCUT2D eigenvalue weighted by Gasteiger charge is 2.42. The zero-order valence-electron chi connectivity index (χ0n) is 20.0. The first-order valence-corrected chi connectivity index (χ1v) is 12.8. The predicted molar refractivity (Wildman–Crippen MR) is 135 cm³/mol. The molecule has 1 aliphatic heterocycles. The van der Waals surface area contributed by atoms with Crippen molar-refractivity contribution in [3.8, 4) is 0 Å². The normalized spacial score (nSPS) is 23.1. The molecule has 0 radical (unpaired) electrons. The van der Waals surface area contributed by atoms with E-state index in [4.69, 9.17) is 0 Å². The molecule has 2 N–H and O–H groups in total. The van der Waals surface area contributed by atoms with Gasteiger partial charge in [0, 0.05) is 30.3 Å². The van der Waals surface area contributed by atoms with Gasteiger partial charge in [0.1, 0.15) is 6.04 Å². The van der Waals surface area contributed by atoms with Crippen LogP contribution in [0.25, 0.3) is 0 Å². The Morgan fingerprint density at radius 1 is 1.26 bits per heavy atom. The van der Waals surface area contributed by atoms with Crippen LogP contribution < -0.4 is 5.32 Å². The highest BCUT2D eigenvalue weighted by Crippen LogP contribution is 2.32. The molecule has 0 saturated carbocycles. The lowest BCUT2D eigenvalue weighted by Crippen LogP contribution is -2.48. The third-order valence-electron chi connectivity index (χ3n) is 6.72. The number of thiazole rings is 1. The number of nitrogens with one attached hydrogen (secondary N) is 1. The fraction of sp³-hybridized carbons (Fsp3) is 0.444. The van der Waals surface area contributed by atoms with Crippen LogP contribution in [-0.4, -0.2) is 52.0 Å². The molecule has 4 atom stereocenters. The lowest BCUT2D eigenvalue weighted by molar-refractivity contribution is -0.140. The van der Waals surface area contributed by atoms with Gasteiger partial charge in [-0.3, -0.25) is 9.59 Å². The Hall–Kier alpha value is -2.77. The summed E-state index contributed by atoms with van der Waals surface area (Å²) in [4.78, 5) is 33.8. The standard InChI is InChI=1S/C27H33N3O3S/c1-17(2)24(20-7-5-4-6-8-20)27(33)30-15-22(31)13-23(30)26(32)28-14-19-9-11-21(12-10-19)25-18(3)29-16-34-25/h4-11,16-17,21-24,31H,12-15H2,1-3H3,(H,28,32)/t21?,22-,23+,24-/m1/s1. The van der Waals surface area contributed by atoms with Crippen molar-refractivity contribution >= 4 is 23.2 Å². The molecule has 1 aromatic heterocycles. The third-order valence-corrected chi connectivity index (χ3v) is 7.78. The van der Waals surface area contributed by atoms with Crippen molar-refractivity contribution in [2.45, 2.75) is 57.6 Å². The average molecular weight is 480 g/mol. The van der Waals surface area contributed by atoms with Crippen LogP contribution >= 0.6 is 11.3 Å². The number of β-amino-alcohol motifs (C(OH)–C–C–N with tert-alkyl or cyclic N) is 1. The molecule has 1 aromatic carbocycles. The summed E-state index contributed by atoms with van der Waals surface area (Å²) in [5, 5.41) is 13.3. The maximum absolute atomic E-state index is 13.5. The van der Waals surface area contributed by atoms with E-state index in [0.717, 1.165) is 23.3 Å². The second kappa shape index (κ2) is 10.7. The van der Waals surface area contributed by atoms with Crippen molar-refractivity contribution in [2.24, 2.45) is 5.92 Å². The molecule has 1 fully saturated rings. The van der Waals surface area contributed by atoms with Gasteiger partial charge in [-0.25, -0.2) is 4.98 Å². The van der Waals surface area contributed by atoms with Crippen LogP contribution in [0, 0.1) is 12.8 Å². The van der Waals surface area contributed by atoms with E-state index in [1.165, 1.54) is 4.88 Å². The Bertz CT molecular complexity index is 1080. The molecule has 7 heteroatoms. The lowest BCUT2D eigenvalue weighted by Gasteiger charge is -2.30. The number of benzene rings is 1. The van der Waals surface area contributed by atoms with Gasteiger partial charge in [-0.1, -0.05) is 62.4 Å². The highest BCUT2D eigenvalue weighted by atomic mass is 32.1. The van der Waals surface area contributed by atoms with Crippen molar-refractivity contribution < 1.29 is 14.7 Å². The van der Waals surface area contributed by atoms with Crippen LogP contribution in [0.15, 0.2) is 59.6 Å². The van der Waals surface area contributed by atoms with Gasteiger partial charge >= 0.3 is 0 Å². The number of aliphatic hydroxyl groups excluding tert-OH is 1. The minimum atomic E-state index is -0.694. The van der Waals surface area contributed by atoms with E-state index in [1.54, 1.807) is 16.2 Å². The largest absolute Gasteiger partial charge is 0.391 e. The van der Waals surface area contributed by atoms with Crippen molar-refractivity contribution in [1.29, 1.82) is 0 Å². The van der Waals surface area contributed by atoms with E-state index in [2.05, 4.69) is 28.5 Å². The van der Waals surface area contributed by atoms with E-state index < -0.39 is 12.1 Å². The smallest absolute Gasteiger partial charge is 0.243 e. The molecule has 1 aliphatic carbocycles. The number of carbonyl (C=O) groups excluding carboxylic acids is 2. The van der Waals surface area contributed by atoms with E-state index >= 15 is 0 Å². The summed E-state index contributed by atoms with van der Waals surface area (Å²) < 4.78 is 0. The Morgan fingerprint density at radius 2 is 2.03 bits per heavy atom. The number of nitrogens with zero attached hydrogens (tertiary/aromatic N) is 2. The second-order valence-corrected chi connectivity index (χ2v) is 10.4. The van der Waals surface area contributed by atoms with Crippen LogP contribution in [0.2, 0.25) is 0 Å². The Kier molecular flexibility index (Phi) is 7.63. The number of aliphatic hydroxyl groups is 1. The Morgan fingerprint density at radius 3 is 2.65 bits per heavy atom. The third kappa shape index (κ3) is 5.31. The van der Waals surface area contributed by atoms with Gasteiger partial charge in [0.2, 0.25) is 11.8 Å². The van der Waals surface area contributed by atoms with Gasteiger partial charge in [0.25, 0.3) is 0 Å². The summed E-state index contributed by atoms with van der Waals surface area (Å²) in [5.41, 5.74) is 4.94. The fourth-order valence-electron chi connectivity index (χ4n) is 4.92. The van der Waals surface area contributed by atoms with Crippen LogP contribution in [0.4, 0.5) is 0 Å². The molecular formula is C27H33N3O3S. The molecule has 2 amide bonds. The summed E-state index contributed by atoms with van der Waals surface area (Å²) in [7, 11) is 0. The van der Waals surface area contributed by atoms with Crippen molar-refractivity contribution in [3.63, 3.8) is 0 Å². The van der Waals surface area contributed by atoms with Crippen LogP contribution in [0.5, 0.6) is 0 Å². The minimum absolute atomic E-state index is 0.0732. The molecule has 1 unspecified atom stereocenters. The van der Waals surface area contributed by atoms with Gasteiger partial charge < -0.3 is 15.3 Å². The monoisotopic (exact) mass is 479 g/mol. The van der Waals surface area contributed by atoms with Gasteiger partial charge in [-0.2, -0.15) is 0 Å². The van der Waals surface area contributed by atoms with Crippen molar-refractivity contribution in [2.75, 3.05) is 13.1 Å². The van der Waals surface area contributed by atoms with E-state index in [9.17, 15) is 14.7 Å². The number of carbonyl (C=O) groups is 2.